The van der Waals surface area contributed by atoms with Gasteiger partial charge in [-0.15, -0.1) is 0 Å². The van der Waals surface area contributed by atoms with Crippen molar-refractivity contribution < 1.29 is 48.9 Å². The van der Waals surface area contributed by atoms with E-state index >= 15 is 0 Å². The van der Waals surface area contributed by atoms with Crippen LogP contribution in [0, 0.1) is 19.8 Å². The molecule has 0 aliphatic heterocycles. The number of esters is 1. The molecular weight excluding hydrogens is 779 g/mol. The van der Waals surface area contributed by atoms with Crippen molar-refractivity contribution in [1.29, 1.82) is 0 Å². The van der Waals surface area contributed by atoms with Crippen LogP contribution >= 0.6 is 0 Å². The van der Waals surface area contributed by atoms with Crippen LogP contribution in [-0.2, 0) is 39.3 Å². The molecule has 1 amide bonds. The molecule has 0 fully saturated rings. The number of sulfone groups is 2. The third-order valence-electron chi connectivity index (χ3n) is 9.58. The van der Waals surface area contributed by atoms with E-state index in [1.807, 2.05) is 0 Å². The topological polar surface area (TPSA) is 186 Å². The maximum Gasteiger partial charge on any atom is 0.306 e. The number of hydrogen-bond acceptors (Lipinski definition) is 10. The molecule has 12 nitrogen and oxygen atoms in total. The molecule has 0 heterocycles. The van der Waals surface area contributed by atoms with Crippen LogP contribution in [0.25, 0.3) is 0 Å². The first-order valence-electron chi connectivity index (χ1n) is 18.8. The highest BCUT2D eigenvalue weighted by molar-refractivity contribution is 7.92. The van der Waals surface area contributed by atoms with Gasteiger partial charge in [-0.3, -0.25) is 18.9 Å². The highest BCUT2D eigenvalue weighted by atomic mass is 32.2. The lowest BCUT2D eigenvalue weighted by Crippen LogP contribution is -2.34. The number of aryl methyl sites for hydroxylation is 2. The summed E-state index contributed by atoms with van der Waals surface area (Å²) in [4.78, 5) is 41.5. The zero-order chi connectivity index (χ0) is 40.9. The number of nitrogens with zero attached hydrogens (tertiary/aromatic N) is 1. The zero-order valence-electron chi connectivity index (χ0n) is 31.8. The van der Waals surface area contributed by atoms with Crippen molar-refractivity contribution in [3.8, 4) is 0 Å². The van der Waals surface area contributed by atoms with Crippen molar-refractivity contribution in [2.45, 2.75) is 87.5 Å². The first kappa shape index (κ1) is 44.5. The zero-order valence-corrected chi connectivity index (χ0v) is 34.3. The standard InChI is InChI=1S/C41H51NO11S3/c1-31-14-22-37(23-15-31)54(46,47)29-35(30-55(48,49)38-24-16-32(2)17-25-38)40(44)33-18-20-34(21-19-33)41(45)42(27-10-28-56(50,51)52)26-9-8-13-39(43)53-36-11-6-4-3-5-7-12-36/h3-4,14-25,35-36H,5-13,26-30H2,1-2H3,(H,50,51,52)/b4-3+. The molecule has 56 heavy (non-hydrogen) atoms. The van der Waals surface area contributed by atoms with Gasteiger partial charge in [0.05, 0.1) is 33.0 Å². The summed E-state index contributed by atoms with van der Waals surface area (Å²) in [5.41, 5.74) is 1.79. The van der Waals surface area contributed by atoms with E-state index in [9.17, 15) is 44.2 Å². The molecule has 0 spiro atoms. The van der Waals surface area contributed by atoms with Crippen LogP contribution in [-0.4, -0.2) is 88.8 Å². The Balaban J connectivity index is 1.49. The van der Waals surface area contributed by atoms with Gasteiger partial charge in [-0.2, -0.15) is 8.42 Å². The lowest BCUT2D eigenvalue weighted by Gasteiger charge is -2.23. The average Bonchev–Trinajstić information content (AvgIpc) is 3.12. The number of Topliss-reactive ketones (excluding diaryl/α,β-unsaturated/α-hetero) is 1. The Bertz CT molecular complexity index is 2090. The summed E-state index contributed by atoms with van der Waals surface area (Å²) in [6, 6.07) is 17.5. The summed E-state index contributed by atoms with van der Waals surface area (Å²) in [5.74, 6) is -5.14. The van der Waals surface area contributed by atoms with Crippen LogP contribution in [0.5, 0.6) is 0 Å². The van der Waals surface area contributed by atoms with E-state index < -0.39 is 64.7 Å². The van der Waals surface area contributed by atoms with Gasteiger partial charge in [-0.05, 0) is 102 Å². The van der Waals surface area contributed by atoms with E-state index in [0.717, 1.165) is 43.2 Å². The molecule has 304 valence electrons. The summed E-state index contributed by atoms with van der Waals surface area (Å²) in [7, 11) is -12.5. The largest absolute Gasteiger partial charge is 0.462 e. The van der Waals surface area contributed by atoms with Gasteiger partial charge in [0.25, 0.3) is 16.0 Å². The quantitative estimate of drug-likeness (QED) is 0.0465. The van der Waals surface area contributed by atoms with Crippen molar-refractivity contribution in [2.75, 3.05) is 30.3 Å². The molecule has 0 saturated heterocycles. The number of allylic oxidation sites excluding steroid dienone is 2. The number of rotatable bonds is 19. The Morgan fingerprint density at radius 3 is 1.77 bits per heavy atom. The molecule has 1 aliphatic carbocycles. The molecule has 4 rings (SSSR count). The normalized spacial score (nSPS) is 15.8. The van der Waals surface area contributed by atoms with Crippen LogP contribution in [0.15, 0.2) is 94.7 Å². The Hall–Kier alpha value is -4.18. The maximum absolute atomic E-state index is 14.0. The van der Waals surface area contributed by atoms with E-state index in [0.29, 0.717) is 12.8 Å². The molecule has 0 bridgehead atoms. The van der Waals surface area contributed by atoms with Crippen molar-refractivity contribution in [3.05, 3.63) is 107 Å². The van der Waals surface area contributed by atoms with E-state index in [4.69, 9.17) is 4.74 Å². The maximum atomic E-state index is 14.0. The van der Waals surface area contributed by atoms with Gasteiger partial charge >= 0.3 is 5.97 Å². The second-order valence-corrected chi connectivity index (χ2v) is 19.9. The minimum absolute atomic E-state index is 0.00140. The Morgan fingerprint density at radius 1 is 0.696 bits per heavy atom. The molecule has 1 N–H and O–H groups in total. The Morgan fingerprint density at radius 2 is 1.21 bits per heavy atom. The Kier molecular flexibility index (Phi) is 16.1. The van der Waals surface area contributed by atoms with Gasteiger partial charge in [0.2, 0.25) is 0 Å². The van der Waals surface area contributed by atoms with E-state index in [2.05, 4.69) is 12.2 Å². The minimum atomic E-state index is -4.28. The fraction of sp³-hybridized carbons (Fsp3) is 0.439. The lowest BCUT2D eigenvalue weighted by atomic mass is 9.99. The smallest absolute Gasteiger partial charge is 0.306 e. The summed E-state index contributed by atoms with van der Waals surface area (Å²) in [5, 5.41) is 0. The number of carbonyl (C=O) groups excluding carboxylic acids is 3. The summed E-state index contributed by atoms with van der Waals surface area (Å²) in [6.45, 7) is 3.74. The highest BCUT2D eigenvalue weighted by Gasteiger charge is 2.33. The number of ether oxygens (including phenoxy) is 1. The van der Waals surface area contributed by atoms with Gasteiger partial charge in [-0.1, -0.05) is 59.7 Å². The Labute approximate surface area is 330 Å². The molecular formula is C41H51NO11S3. The van der Waals surface area contributed by atoms with E-state index in [-0.39, 0.29) is 58.9 Å². The third-order valence-corrected chi connectivity index (χ3v) is 14.0. The average molecular weight is 830 g/mol. The molecule has 3 aromatic rings. The van der Waals surface area contributed by atoms with Crippen LogP contribution in [0.2, 0.25) is 0 Å². The number of carbonyl (C=O) groups is 3. The fourth-order valence-electron chi connectivity index (χ4n) is 6.42. The molecule has 0 aromatic heterocycles. The molecule has 0 saturated carbocycles. The van der Waals surface area contributed by atoms with Crippen LogP contribution < -0.4 is 0 Å². The van der Waals surface area contributed by atoms with E-state index in [1.54, 1.807) is 38.1 Å². The van der Waals surface area contributed by atoms with Crippen molar-refractivity contribution in [1.82, 2.24) is 4.90 Å². The van der Waals surface area contributed by atoms with Gasteiger partial charge in [0.15, 0.2) is 25.5 Å². The van der Waals surface area contributed by atoms with Crippen molar-refractivity contribution in [3.63, 3.8) is 0 Å². The number of ketones is 1. The summed E-state index contributed by atoms with van der Waals surface area (Å²) < 4.78 is 91.7. The monoisotopic (exact) mass is 829 g/mol. The van der Waals surface area contributed by atoms with Crippen LogP contribution in [0.3, 0.4) is 0 Å². The number of unbranched alkanes of at least 4 members (excludes halogenated alkanes) is 1. The first-order chi connectivity index (χ1) is 26.4. The molecule has 1 atom stereocenters. The minimum Gasteiger partial charge on any atom is -0.462 e. The third kappa shape index (κ3) is 14.1. The molecule has 1 unspecified atom stereocenters. The molecule has 15 heteroatoms. The second kappa shape index (κ2) is 20.3. The molecule has 3 aromatic carbocycles. The van der Waals surface area contributed by atoms with Crippen LogP contribution in [0.4, 0.5) is 0 Å². The number of hydrogen-bond donors (Lipinski definition) is 1. The number of benzene rings is 3. The van der Waals surface area contributed by atoms with Gasteiger partial charge in [0.1, 0.15) is 6.10 Å². The van der Waals surface area contributed by atoms with Gasteiger partial charge < -0.3 is 9.64 Å². The molecule has 1 aliphatic rings. The highest BCUT2D eigenvalue weighted by Crippen LogP contribution is 2.24. The SMILES string of the molecule is Cc1ccc(S(=O)(=O)CC(CS(=O)(=O)c2ccc(C)cc2)C(=O)c2ccc(C(=O)N(CCCCC(=O)OC3CC/C=C/CCC3)CCCS(=O)(=O)O)cc2)cc1. The van der Waals surface area contributed by atoms with Gasteiger partial charge in [0, 0.05) is 30.6 Å². The second-order valence-electron chi connectivity index (χ2n) is 14.3. The molecule has 0 radical (unpaired) electrons. The van der Waals surface area contributed by atoms with Crippen molar-refractivity contribution >= 4 is 47.5 Å². The predicted octanol–water partition coefficient (Wildman–Crippen LogP) is 6.37. The first-order valence-corrected chi connectivity index (χ1v) is 23.7. The fourth-order valence-corrected chi connectivity index (χ4v) is 10.1. The number of amides is 1. The van der Waals surface area contributed by atoms with Crippen LogP contribution in [0.1, 0.15) is 89.6 Å². The predicted molar refractivity (Wildman–Crippen MR) is 214 cm³/mol. The summed E-state index contributed by atoms with van der Waals surface area (Å²) in [6.07, 6.45) is 9.33. The van der Waals surface area contributed by atoms with Gasteiger partial charge in [-0.25, -0.2) is 16.8 Å². The van der Waals surface area contributed by atoms with Crippen molar-refractivity contribution in [2.24, 2.45) is 5.92 Å². The lowest BCUT2D eigenvalue weighted by molar-refractivity contribution is -0.149. The van der Waals surface area contributed by atoms with E-state index in [1.165, 1.54) is 53.4 Å². The summed E-state index contributed by atoms with van der Waals surface area (Å²) >= 11 is 0.